The maximum Gasteiger partial charge on any atom is 0.174 e. The van der Waals surface area contributed by atoms with Crippen LogP contribution in [0.15, 0.2) is 23.9 Å². The molecule has 0 saturated carbocycles. The summed E-state index contributed by atoms with van der Waals surface area (Å²) in [5.41, 5.74) is 6.44. The number of anilines is 1. The third kappa shape index (κ3) is 1.91. The van der Waals surface area contributed by atoms with Crippen LogP contribution in [0.4, 0.5) is 5.82 Å². The molecule has 1 aliphatic rings. The number of allylic oxidation sites excluding steroid dienone is 2. The number of carbonyl (C=O) groups excluding carboxylic acids is 1. The van der Waals surface area contributed by atoms with E-state index in [1.807, 2.05) is 20.0 Å². The number of nitrogens with one attached hydrogen (secondary N) is 1. The van der Waals surface area contributed by atoms with Gasteiger partial charge in [0.05, 0.1) is 16.6 Å². The van der Waals surface area contributed by atoms with Gasteiger partial charge < -0.3 is 5.43 Å². The topological polar surface area (TPSA) is 58.1 Å². The third-order valence-electron chi connectivity index (χ3n) is 3.22. The van der Waals surface area contributed by atoms with Gasteiger partial charge in [-0.05, 0) is 32.0 Å². The van der Waals surface area contributed by atoms with E-state index in [1.54, 1.807) is 17.1 Å². The Hall–Kier alpha value is -2.14. The fraction of sp³-hybridized carbons (Fsp3) is 0.214. The van der Waals surface area contributed by atoms with E-state index in [2.05, 4.69) is 15.4 Å². The van der Waals surface area contributed by atoms with Crippen LogP contribution in [-0.2, 0) is 4.79 Å². The number of fused-ring (bicyclic) bond motifs is 2. The zero-order valence-electron chi connectivity index (χ0n) is 11.4. The fourth-order valence-corrected chi connectivity index (χ4v) is 2.55. The summed E-state index contributed by atoms with van der Waals surface area (Å²) in [4.78, 5) is 21.0. The summed E-state index contributed by atoms with van der Waals surface area (Å²) < 4.78 is 0. The lowest BCUT2D eigenvalue weighted by atomic mass is 10.0. The zero-order chi connectivity index (χ0) is 14.4. The molecule has 2 aromatic rings. The molecule has 0 radical (unpaired) electrons. The molecule has 0 bridgehead atoms. The summed E-state index contributed by atoms with van der Waals surface area (Å²) in [6, 6.07) is 5.34. The van der Waals surface area contributed by atoms with Crippen LogP contribution in [0.25, 0.3) is 16.6 Å². The van der Waals surface area contributed by atoms with Crippen molar-refractivity contribution in [2.75, 3.05) is 12.1 Å². The smallest absolute Gasteiger partial charge is 0.174 e. The lowest BCUT2D eigenvalue weighted by Gasteiger charge is -2.29. The number of Topliss-reactive ketones (excluding diaryl/α,β-unsaturated/α-hetero) is 1. The zero-order valence-corrected chi connectivity index (χ0v) is 12.1. The maximum absolute atomic E-state index is 11.9. The van der Waals surface area contributed by atoms with Crippen LogP contribution in [0.2, 0.25) is 5.02 Å². The van der Waals surface area contributed by atoms with E-state index >= 15 is 0 Å². The standard InChI is InChI=1S/C14H13ClN4O/c1-7-12(8(2)20)13-14(19(3)18-7)17-10-5-4-9(15)6-11(10)16-13/h4-6,18H,1-3H3. The van der Waals surface area contributed by atoms with Crippen molar-refractivity contribution in [3.05, 3.63) is 34.6 Å². The summed E-state index contributed by atoms with van der Waals surface area (Å²) in [5, 5.41) is 2.36. The number of rotatable bonds is 1. The van der Waals surface area contributed by atoms with Crippen molar-refractivity contribution in [2.24, 2.45) is 0 Å². The summed E-state index contributed by atoms with van der Waals surface area (Å²) in [5.74, 6) is 0.593. The van der Waals surface area contributed by atoms with Crippen molar-refractivity contribution < 1.29 is 4.79 Å². The normalized spacial score (nSPS) is 14.3. The van der Waals surface area contributed by atoms with Gasteiger partial charge in [0.2, 0.25) is 0 Å². The predicted molar refractivity (Wildman–Crippen MR) is 79.4 cm³/mol. The van der Waals surface area contributed by atoms with Crippen LogP contribution in [0.5, 0.6) is 0 Å². The van der Waals surface area contributed by atoms with Crippen LogP contribution in [0, 0.1) is 0 Å². The summed E-state index contributed by atoms with van der Waals surface area (Å²) in [6.45, 7) is 3.37. The average molecular weight is 289 g/mol. The van der Waals surface area contributed by atoms with Gasteiger partial charge in [0, 0.05) is 17.8 Å². The highest BCUT2D eigenvalue weighted by molar-refractivity contribution is 6.31. The Morgan fingerprint density at radius 2 is 2.05 bits per heavy atom. The minimum atomic E-state index is -0.0416. The Bertz CT molecular complexity index is 769. The summed E-state index contributed by atoms with van der Waals surface area (Å²) in [6.07, 6.45) is 0. The van der Waals surface area contributed by atoms with E-state index in [0.717, 1.165) is 11.2 Å². The molecular weight excluding hydrogens is 276 g/mol. The molecule has 3 rings (SSSR count). The molecule has 1 aromatic carbocycles. The second-order valence-electron chi connectivity index (χ2n) is 4.76. The molecule has 0 fully saturated rings. The maximum atomic E-state index is 11.9. The first-order valence-corrected chi connectivity index (χ1v) is 6.55. The molecule has 5 nitrogen and oxygen atoms in total. The van der Waals surface area contributed by atoms with Gasteiger partial charge in [-0.15, -0.1) is 0 Å². The first-order chi connectivity index (χ1) is 9.47. The Kier molecular flexibility index (Phi) is 2.87. The SMILES string of the molecule is CC(=O)C1=C(C)NN(C)c2nc3ccc(Cl)cc3nc21. The van der Waals surface area contributed by atoms with Crippen LogP contribution in [-0.4, -0.2) is 22.8 Å². The molecule has 0 atom stereocenters. The predicted octanol–water partition coefficient (Wildman–Crippen LogP) is 2.56. The van der Waals surface area contributed by atoms with Crippen LogP contribution in [0.1, 0.15) is 19.5 Å². The monoisotopic (exact) mass is 288 g/mol. The highest BCUT2D eigenvalue weighted by Gasteiger charge is 2.26. The number of hydrogen-bond acceptors (Lipinski definition) is 5. The lowest BCUT2D eigenvalue weighted by molar-refractivity contribution is -0.111. The number of aromatic nitrogens is 2. The molecule has 20 heavy (non-hydrogen) atoms. The number of nitrogens with zero attached hydrogens (tertiary/aromatic N) is 3. The van der Waals surface area contributed by atoms with E-state index in [9.17, 15) is 4.79 Å². The highest BCUT2D eigenvalue weighted by atomic mass is 35.5. The van der Waals surface area contributed by atoms with Crippen molar-refractivity contribution in [2.45, 2.75) is 13.8 Å². The third-order valence-corrected chi connectivity index (χ3v) is 3.46. The highest BCUT2D eigenvalue weighted by Crippen LogP contribution is 2.31. The van der Waals surface area contributed by atoms with Gasteiger partial charge in [-0.3, -0.25) is 9.80 Å². The second-order valence-corrected chi connectivity index (χ2v) is 5.19. The molecule has 0 saturated heterocycles. The van der Waals surface area contributed by atoms with E-state index in [-0.39, 0.29) is 5.78 Å². The van der Waals surface area contributed by atoms with Crippen LogP contribution in [0.3, 0.4) is 0 Å². The number of hydrazine groups is 1. The van der Waals surface area contributed by atoms with Crippen molar-refractivity contribution in [3.8, 4) is 0 Å². The fourth-order valence-electron chi connectivity index (χ4n) is 2.39. The Morgan fingerprint density at radius 1 is 1.30 bits per heavy atom. The molecule has 0 unspecified atom stereocenters. The quantitative estimate of drug-likeness (QED) is 0.874. The van der Waals surface area contributed by atoms with E-state index in [0.29, 0.717) is 27.6 Å². The van der Waals surface area contributed by atoms with Crippen molar-refractivity contribution in [1.82, 2.24) is 15.4 Å². The first kappa shape index (κ1) is 12.9. The number of ketones is 1. The van der Waals surface area contributed by atoms with Crippen molar-refractivity contribution in [1.29, 1.82) is 0 Å². The Morgan fingerprint density at radius 3 is 2.75 bits per heavy atom. The van der Waals surface area contributed by atoms with E-state index in [4.69, 9.17) is 11.6 Å². The van der Waals surface area contributed by atoms with Gasteiger partial charge in [-0.1, -0.05) is 11.6 Å². The average Bonchev–Trinajstić information content (AvgIpc) is 2.36. The first-order valence-electron chi connectivity index (χ1n) is 6.17. The number of halogens is 1. The molecule has 6 heteroatoms. The summed E-state index contributed by atoms with van der Waals surface area (Å²) in [7, 11) is 1.84. The second kappa shape index (κ2) is 4.45. The Balaban J connectivity index is 2.35. The van der Waals surface area contributed by atoms with Gasteiger partial charge in [0.1, 0.15) is 5.69 Å². The molecule has 2 heterocycles. The summed E-state index contributed by atoms with van der Waals surface area (Å²) >= 11 is 5.99. The van der Waals surface area contributed by atoms with Gasteiger partial charge in [-0.25, -0.2) is 9.97 Å². The van der Waals surface area contributed by atoms with Crippen LogP contribution >= 0.6 is 11.6 Å². The van der Waals surface area contributed by atoms with Gasteiger partial charge in [-0.2, -0.15) is 0 Å². The van der Waals surface area contributed by atoms with E-state index < -0.39 is 0 Å². The van der Waals surface area contributed by atoms with Gasteiger partial charge in [0.25, 0.3) is 0 Å². The van der Waals surface area contributed by atoms with Gasteiger partial charge >= 0.3 is 0 Å². The molecule has 102 valence electrons. The molecule has 0 amide bonds. The van der Waals surface area contributed by atoms with Crippen molar-refractivity contribution in [3.63, 3.8) is 0 Å². The molecule has 1 aromatic heterocycles. The van der Waals surface area contributed by atoms with Crippen LogP contribution < -0.4 is 10.4 Å². The Labute approximate surface area is 121 Å². The number of carbonyl (C=O) groups is 1. The largest absolute Gasteiger partial charge is 0.301 e. The molecule has 0 spiro atoms. The van der Waals surface area contributed by atoms with E-state index in [1.165, 1.54) is 6.92 Å². The molecule has 1 aliphatic heterocycles. The lowest BCUT2D eigenvalue weighted by Crippen LogP contribution is -2.38. The van der Waals surface area contributed by atoms with Gasteiger partial charge in [0.15, 0.2) is 11.6 Å². The molecule has 1 N–H and O–H groups in total. The number of benzene rings is 1. The minimum absolute atomic E-state index is 0.0416. The minimum Gasteiger partial charge on any atom is -0.301 e. The van der Waals surface area contributed by atoms with Crippen molar-refractivity contribution >= 4 is 39.8 Å². The molecule has 0 aliphatic carbocycles. The molecular formula is C14H13ClN4O. The number of hydrogen-bond donors (Lipinski definition) is 1.